The van der Waals surface area contributed by atoms with Crippen molar-refractivity contribution in [2.45, 2.75) is 25.8 Å². The number of nitrogens with zero attached hydrogens (tertiary/aromatic N) is 1. The van der Waals surface area contributed by atoms with E-state index in [0.717, 1.165) is 12.1 Å². The minimum Gasteiger partial charge on any atom is -0.369 e. The van der Waals surface area contributed by atoms with Gasteiger partial charge in [0, 0.05) is 12.0 Å². The zero-order valence-corrected chi connectivity index (χ0v) is 12.3. The number of piperidine rings is 1. The molecule has 0 radical (unpaired) electrons. The van der Waals surface area contributed by atoms with E-state index in [1.54, 1.807) is 6.92 Å². The van der Waals surface area contributed by atoms with Gasteiger partial charge in [-0.15, -0.1) is 0 Å². The second kappa shape index (κ2) is 6.83. The van der Waals surface area contributed by atoms with Crippen LogP contribution >= 0.6 is 0 Å². The number of likely N-dealkylation sites (tertiary alicyclic amines) is 1. The van der Waals surface area contributed by atoms with Gasteiger partial charge in [-0.2, -0.15) is 0 Å². The van der Waals surface area contributed by atoms with E-state index in [1.807, 2.05) is 4.90 Å². The number of hydrogen-bond acceptors (Lipinski definition) is 3. The minimum absolute atomic E-state index is 0.0507. The van der Waals surface area contributed by atoms with Crippen LogP contribution in [0.15, 0.2) is 18.2 Å². The summed E-state index contributed by atoms with van der Waals surface area (Å²) in [5, 5.41) is 2.45. The lowest BCUT2D eigenvalue weighted by Crippen LogP contribution is -2.47. The Morgan fingerprint density at radius 1 is 1.32 bits per heavy atom. The Kier molecular flexibility index (Phi) is 5.07. The van der Waals surface area contributed by atoms with Crippen molar-refractivity contribution < 1.29 is 18.4 Å². The summed E-state index contributed by atoms with van der Waals surface area (Å²) in [7, 11) is 0. The number of rotatable bonds is 4. The third kappa shape index (κ3) is 3.79. The Labute approximate surface area is 127 Å². The van der Waals surface area contributed by atoms with Crippen LogP contribution in [-0.2, 0) is 9.59 Å². The van der Waals surface area contributed by atoms with Gasteiger partial charge >= 0.3 is 0 Å². The number of primary amides is 1. The summed E-state index contributed by atoms with van der Waals surface area (Å²) in [5.41, 5.74) is 5.22. The van der Waals surface area contributed by atoms with E-state index in [2.05, 4.69) is 5.32 Å². The summed E-state index contributed by atoms with van der Waals surface area (Å²) in [6, 6.07) is 2.52. The molecule has 120 valence electrons. The topological polar surface area (TPSA) is 75.4 Å². The van der Waals surface area contributed by atoms with Gasteiger partial charge in [0.2, 0.25) is 11.8 Å². The Morgan fingerprint density at radius 2 is 1.95 bits per heavy atom. The number of halogens is 2. The number of carbonyl (C=O) groups excluding carboxylic acids is 2. The highest BCUT2D eigenvalue weighted by molar-refractivity contribution is 5.94. The van der Waals surface area contributed by atoms with Gasteiger partial charge in [0.25, 0.3) is 0 Å². The fourth-order valence-electron chi connectivity index (χ4n) is 2.57. The van der Waals surface area contributed by atoms with Gasteiger partial charge in [-0.25, -0.2) is 8.78 Å². The number of carbonyl (C=O) groups is 2. The molecule has 0 spiro atoms. The van der Waals surface area contributed by atoms with Crippen LogP contribution in [0.2, 0.25) is 0 Å². The van der Waals surface area contributed by atoms with E-state index in [1.165, 1.54) is 6.07 Å². The van der Waals surface area contributed by atoms with Crippen molar-refractivity contribution in [2.24, 2.45) is 11.7 Å². The van der Waals surface area contributed by atoms with Crippen LogP contribution in [0, 0.1) is 17.6 Å². The molecule has 1 atom stereocenters. The first kappa shape index (κ1) is 16.4. The number of nitrogens with one attached hydrogen (secondary N) is 1. The summed E-state index contributed by atoms with van der Waals surface area (Å²) in [6.07, 6.45) is 1.22. The molecule has 0 saturated carbocycles. The maximum atomic E-state index is 13.5. The molecule has 22 heavy (non-hydrogen) atoms. The number of benzene rings is 1. The normalized spacial score (nSPS) is 18.0. The van der Waals surface area contributed by atoms with E-state index < -0.39 is 17.7 Å². The van der Waals surface area contributed by atoms with Gasteiger partial charge in [-0.3, -0.25) is 14.5 Å². The van der Waals surface area contributed by atoms with Crippen LogP contribution in [0.5, 0.6) is 0 Å². The van der Waals surface area contributed by atoms with Crippen molar-refractivity contribution in [3.8, 4) is 0 Å². The Bertz CT molecular complexity index is 572. The molecule has 2 amide bonds. The highest BCUT2D eigenvalue weighted by Gasteiger charge is 2.29. The van der Waals surface area contributed by atoms with Crippen LogP contribution in [0.25, 0.3) is 0 Å². The van der Waals surface area contributed by atoms with Crippen LogP contribution in [0.3, 0.4) is 0 Å². The number of amides is 2. The maximum absolute atomic E-state index is 13.5. The first-order chi connectivity index (χ1) is 10.4. The van der Waals surface area contributed by atoms with Crippen LogP contribution in [0.1, 0.15) is 19.8 Å². The molecular weight excluding hydrogens is 292 g/mol. The Balaban J connectivity index is 1.94. The molecule has 1 aliphatic heterocycles. The number of hydrogen-bond donors (Lipinski definition) is 2. The SMILES string of the molecule is C[C@H](C(=O)Nc1ccc(F)cc1F)N1CCC(C(N)=O)CC1. The van der Waals surface area contributed by atoms with Gasteiger partial charge in [0.05, 0.1) is 11.7 Å². The zero-order valence-electron chi connectivity index (χ0n) is 12.3. The summed E-state index contributed by atoms with van der Waals surface area (Å²) >= 11 is 0. The van der Waals surface area contributed by atoms with Crippen molar-refractivity contribution in [1.29, 1.82) is 0 Å². The molecule has 1 saturated heterocycles. The molecule has 5 nitrogen and oxygen atoms in total. The molecule has 0 bridgehead atoms. The monoisotopic (exact) mass is 311 g/mol. The molecule has 2 rings (SSSR count). The summed E-state index contributed by atoms with van der Waals surface area (Å²) < 4.78 is 26.4. The van der Waals surface area contributed by atoms with E-state index in [0.29, 0.717) is 25.9 Å². The molecule has 1 aromatic carbocycles. The number of anilines is 1. The number of nitrogens with two attached hydrogens (primary N) is 1. The van der Waals surface area contributed by atoms with Crippen LogP contribution in [0.4, 0.5) is 14.5 Å². The van der Waals surface area contributed by atoms with Crippen molar-refractivity contribution >= 4 is 17.5 Å². The lowest BCUT2D eigenvalue weighted by Gasteiger charge is -2.34. The van der Waals surface area contributed by atoms with Crippen LogP contribution < -0.4 is 11.1 Å². The first-order valence-corrected chi connectivity index (χ1v) is 7.17. The smallest absolute Gasteiger partial charge is 0.241 e. The lowest BCUT2D eigenvalue weighted by atomic mass is 9.95. The molecule has 3 N–H and O–H groups in total. The third-order valence-electron chi connectivity index (χ3n) is 4.05. The molecule has 1 aromatic rings. The fraction of sp³-hybridized carbons (Fsp3) is 0.467. The highest BCUT2D eigenvalue weighted by Crippen LogP contribution is 2.20. The largest absolute Gasteiger partial charge is 0.369 e. The fourth-order valence-corrected chi connectivity index (χ4v) is 2.57. The van der Waals surface area contributed by atoms with E-state index in [9.17, 15) is 18.4 Å². The van der Waals surface area contributed by atoms with Crippen LogP contribution in [-0.4, -0.2) is 35.8 Å². The average Bonchev–Trinajstić information content (AvgIpc) is 2.49. The van der Waals surface area contributed by atoms with Gasteiger partial charge in [0.15, 0.2) is 0 Å². The summed E-state index contributed by atoms with van der Waals surface area (Å²) in [6.45, 7) is 2.86. The molecule has 7 heteroatoms. The first-order valence-electron chi connectivity index (χ1n) is 7.17. The second-order valence-corrected chi connectivity index (χ2v) is 5.50. The minimum atomic E-state index is -0.812. The Hall–Kier alpha value is -2.02. The predicted octanol–water partition coefficient (Wildman–Crippen LogP) is 1.49. The zero-order chi connectivity index (χ0) is 16.3. The predicted molar refractivity (Wildman–Crippen MR) is 77.9 cm³/mol. The van der Waals surface area contributed by atoms with E-state index >= 15 is 0 Å². The van der Waals surface area contributed by atoms with Gasteiger partial charge in [-0.05, 0) is 45.0 Å². The van der Waals surface area contributed by atoms with Gasteiger partial charge in [-0.1, -0.05) is 0 Å². The maximum Gasteiger partial charge on any atom is 0.241 e. The summed E-state index contributed by atoms with van der Waals surface area (Å²) in [4.78, 5) is 25.2. The van der Waals surface area contributed by atoms with Crippen molar-refractivity contribution in [3.05, 3.63) is 29.8 Å². The van der Waals surface area contributed by atoms with E-state index in [-0.39, 0.29) is 23.4 Å². The quantitative estimate of drug-likeness (QED) is 0.884. The average molecular weight is 311 g/mol. The molecule has 1 aliphatic rings. The molecule has 1 heterocycles. The standard InChI is InChI=1S/C15H19F2N3O2/c1-9(20-6-4-10(5-7-20)14(18)21)15(22)19-13-3-2-11(16)8-12(13)17/h2-3,8-10H,4-7H2,1H3,(H2,18,21)(H,19,22)/t9-/m1/s1. The third-order valence-corrected chi connectivity index (χ3v) is 4.05. The highest BCUT2D eigenvalue weighted by atomic mass is 19.1. The second-order valence-electron chi connectivity index (χ2n) is 5.50. The van der Waals surface area contributed by atoms with Crippen molar-refractivity contribution in [1.82, 2.24) is 4.90 Å². The molecule has 0 aromatic heterocycles. The van der Waals surface area contributed by atoms with Gasteiger partial charge < -0.3 is 11.1 Å². The van der Waals surface area contributed by atoms with Crippen molar-refractivity contribution in [2.75, 3.05) is 18.4 Å². The molecule has 1 fully saturated rings. The molecule has 0 aliphatic carbocycles. The van der Waals surface area contributed by atoms with Crippen molar-refractivity contribution in [3.63, 3.8) is 0 Å². The molecule has 0 unspecified atom stereocenters. The Morgan fingerprint density at radius 3 is 2.50 bits per heavy atom. The van der Waals surface area contributed by atoms with Gasteiger partial charge in [0.1, 0.15) is 11.6 Å². The van der Waals surface area contributed by atoms with E-state index in [4.69, 9.17) is 5.73 Å². The molecular formula is C15H19F2N3O2. The lowest BCUT2D eigenvalue weighted by molar-refractivity contribution is -0.124. The summed E-state index contributed by atoms with van der Waals surface area (Å²) in [5.74, 6) is -2.35.